The molecule has 13 heteroatoms. The Hall–Kier alpha value is -3.12. The molecule has 0 aromatic carbocycles. The molecule has 0 saturated carbocycles. The number of carbonyl (C=O) groups is 1. The average molecular weight is 443 g/mol. The minimum atomic E-state index is -6.60. The Labute approximate surface area is 162 Å². The molecule has 0 amide bonds. The number of hydrogen-bond acceptors (Lipinski definition) is 4. The van der Waals surface area contributed by atoms with Crippen LogP contribution in [0.4, 0.5) is 39.5 Å². The van der Waals surface area contributed by atoms with Gasteiger partial charge in [0.1, 0.15) is 11.3 Å². The zero-order valence-corrected chi connectivity index (χ0v) is 14.7. The van der Waals surface area contributed by atoms with Crippen molar-refractivity contribution >= 4 is 5.78 Å². The van der Waals surface area contributed by atoms with Gasteiger partial charge < -0.3 is 5.73 Å². The quantitative estimate of drug-likeness (QED) is 0.313. The molecule has 0 radical (unpaired) electrons. The van der Waals surface area contributed by atoms with Crippen LogP contribution < -0.4 is 5.73 Å². The van der Waals surface area contributed by atoms with Gasteiger partial charge in [0.15, 0.2) is 5.78 Å². The molecule has 0 aliphatic rings. The molecule has 0 saturated heterocycles. The molecule has 2 heterocycles. The smallest absolute Gasteiger partial charge is 0.402 e. The summed E-state index contributed by atoms with van der Waals surface area (Å²) in [6.45, 7) is 1.03. The number of nitrogens with two attached hydrogens (primary N) is 1. The fourth-order valence-corrected chi connectivity index (χ4v) is 2.48. The molecule has 30 heavy (non-hydrogen) atoms. The van der Waals surface area contributed by atoms with Crippen LogP contribution in [-0.4, -0.2) is 21.9 Å². The minimum Gasteiger partial charge on any atom is -0.402 e. The van der Waals surface area contributed by atoms with Crippen molar-refractivity contribution in [3.63, 3.8) is 0 Å². The van der Waals surface area contributed by atoms with Gasteiger partial charge in [0.25, 0.3) is 0 Å². The molecule has 0 aliphatic carbocycles. The molecule has 0 unspecified atom stereocenters. The van der Waals surface area contributed by atoms with Crippen molar-refractivity contribution in [2.45, 2.75) is 25.2 Å². The molecule has 2 N–H and O–H groups in total. The Morgan fingerprint density at radius 3 is 2.07 bits per heavy atom. The fourth-order valence-electron chi connectivity index (χ4n) is 2.48. The van der Waals surface area contributed by atoms with Crippen molar-refractivity contribution in [3.05, 3.63) is 58.8 Å². The van der Waals surface area contributed by atoms with Gasteiger partial charge in [0.2, 0.25) is 5.95 Å². The van der Waals surface area contributed by atoms with E-state index in [4.69, 9.17) is 5.73 Å². The van der Waals surface area contributed by atoms with Gasteiger partial charge >= 0.3 is 18.3 Å². The first-order valence-electron chi connectivity index (χ1n) is 7.74. The van der Waals surface area contributed by atoms with E-state index in [0.29, 0.717) is 6.08 Å². The summed E-state index contributed by atoms with van der Waals surface area (Å²) in [4.78, 5) is 18.8. The van der Waals surface area contributed by atoms with Crippen molar-refractivity contribution in [1.82, 2.24) is 9.97 Å². The van der Waals surface area contributed by atoms with Crippen LogP contribution in [0.1, 0.15) is 28.4 Å². The average Bonchev–Trinajstić information content (AvgIpc) is 2.58. The van der Waals surface area contributed by atoms with Gasteiger partial charge in [-0.25, -0.2) is 4.98 Å². The van der Waals surface area contributed by atoms with Crippen molar-refractivity contribution in [1.29, 1.82) is 0 Å². The molecule has 0 fully saturated rings. The van der Waals surface area contributed by atoms with Crippen LogP contribution in [0.2, 0.25) is 0 Å². The van der Waals surface area contributed by atoms with Gasteiger partial charge in [-0.3, -0.25) is 9.78 Å². The highest BCUT2D eigenvalue weighted by molar-refractivity contribution is 6.10. The van der Waals surface area contributed by atoms with Gasteiger partial charge in [-0.1, -0.05) is 6.07 Å². The summed E-state index contributed by atoms with van der Waals surface area (Å²) in [5.41, 5.74) is -4.82. The second-order valence-electron chi connectivity index (χ2n) is 5.91. The number of nitrogens with zero attached hydrogens (tertiary/aromatic N) is 2. The van der Waals surface area contributed by atoms with Gasteiger partial charge in [-0.2, -0.15) is 39.5 Å². The number of hydrogen-bond donors (Lipinski definition) is 1. The predicted octanol–water partition coefficient (Wildman–Crippen LogP) is 5.00. The number of carbonyl (C=O) groups excluding carboxylic acids is 1. The summed E-state index contributed by atoms with van der Waals surface area (Å²) in [6.07, 6.45) is -11.3. The van der Waals surface area contributed by atoms with Crippen LogP contribution in [-0.2, 0) is 12.1 Å². The lowest BCUT2D eigenvalue weighted by Crippen LogP contribution is -2.38. The maximum atomic E-state index is 14.2. The Balaban J connectivity index is 3.17. The summed E-state index contributed by atoms with van der Waals surface area (Å²) < 4.78 is 122. The maximum Gasteiger partial charge on any atom is 0.458 e. The SMILES string of the molecule is C/C(N)=C/C(=O)c1c(-c2ccccn2)nc(F)c(C(F)(F)F)c1C(F)(F)C(F)(F)F. The number of halogens is 9. The third kappa shape index (κ3) is 4.24. The number of pyridine rings is 2. The normalized spacial score (nSPS) is 13.5. The van der Waals surface area contributed by atoms with Gasteiger partial charge in [0.05, 0.1) is 16.8 Å². The number of ketones is 1. The highest BCUT2D eigenvalue weighted by Gasteiger charge is 2.64. The molecular weight excluding hydrogens is 433 g/mol. The lowest BCUT2D eigenvalue weighted by molar-refractivity contribution is -0.291. The molecular formula is C17H10F9N3O. The Morgan fingerprint density at radius 2 is 1.63 bits per heavy atom. The monoisotopic (exact) mass is 443 g/mol. The zero-order chi connectivity index (χ0) is 23.1. The fraction of sp³-hybridized carbons (Fsp3) is 0.235. The van der Waals surface area contributed by atoms with Crippen LogP contribution >= 0.6 is 0 Å². The third-order valence-corrected chi connectivity index (χ3v) is 3.62. The number of aromatic nitrogens is 2. The molecule has 0 aliphatic heterocycles. The van der Waals surface area contributed by atoms with Crippen LogP contribution in [0.3, 0.4) is 0 Å². The first kappa shape index (κ1) is 23.2. The van der Waals surface area contributed by atoms with Crippen molar-refractivity contribution in [3.8, 4) is 11.4 Å². The molecule has 0 spiro atoms. The van der Waals surface area contributed by atoms with Crippen LogP contribution in [0.15, 0.2) is 36.2 Å². The summed E-state index contributed by atoms with van der Waals surface area (Å²) >= 11 is 0. The molecule has 0 bridgehead atoms. The zero-order valence-electron chi connectivity index (χ0n) is 14.7. The van der Waals surface area contributed by atoms with Gasteiger partial charge in [-0.15, -0.1) is 0 Å². The standard InChI is InChI=1S/C17H10F9N3O/c1-7(27)6-9(30)10-11(15(19,20)17(24,25)26)12(16(21,22)23)14(18)29-13(10)8-4-2-3-5-28-8/h2-6H,27H2,1H3/b7-6-. The van der Waals surface area contributed by atoms with Crippen LogP contribution in [0.5, 0.6) is 0 Å². The number of rotatable bonds is 4. The Kier molecular flexibility index (Phi) is 5.88. The van der Waals surface area contributed by atoms with Gasteiger partial charge in [0, 0.05) is 18.0 Å². The van der Waals surface area contributed by atoms with Crippen molar-refractivity contribution in [2.24, 2.45) is 5.73 Å². The van der Waals surface area contributed by atoms with E-state index in [1.165, 1.54) is 12.1 Å². The summed E-state index contributed by atoms with van der Waals surface area (Å²) in [5.74, 6) is -10.7. The van der Waals surface area contributed by atoms with E-state index < -0.39 is 63.8 Å². The highest BCUT2D eigenvalue weighted by atomic mass is 19.4. The Bertz CT molecular complexity index is 992. The van der Waals surface area contributed by atoms with Gasteiger partial charge in [-0.05, 0) is 19.1 Å². The highest BCUT2D eigenvalue weighted by Crippen LogP contribution is 2.51. The third-order valence-electron chi connectivity index (χ3n) is 3.62. The molecule has 2 rings (SSSR count). The van der Waals surface area contributed by atoms with Crippen molar-refractivity contribution < 1.29 is 44.3 Å². The molecule has 2 aromatic heterocycles. The summed E-state index contributed by atoms with van der Waals surface area (Å²) in [7, 11) is 0. The topological polar surface area (TPSA) is 68.9 Å². The van der Waals surface area contributed by atoms with E-state index in [9.17, 15) is 44.3 Å². The molecule has 0 atom stereocenters. The first-order chi connectivity index (χ1) is 13.6. The first-order valence-corrected chi connectivity index (χ1v) is 7.74. The van der Waals surface area contributed by atoms with Crippen LogP contribution in [0.25, 0.3) is 11.4 Å². The lowest BCUT2D eigenvalue weighted by atomic mass is 9.90. The summed E-state index contributed by atoms with van der Waals surface area (Å²) in [6, 6.07) is 3.36. The van der Waals surface area contributed by atoms with E-state index in [2.05, 4.69) is 9.97 Å². The minimum absolute atomic E-state index is 0.317. The largest absolute Gasteiger partial charge is 0.458 e. The van der Waals surface area contributed by atoms with E-state index in [1.807, 2.05) is 0 Å². The number of allylic oxidation sites excluding steroid dienone is 2. The van der Waals surface area contributed by atoms with E-state index in [-0.39, 0.29) is 0 Å². The van der Waals surface area contributed by atoms with E-state index in [1.54, 1.807) is 0 Å². The van der Waals surface area contributed by atoms with Crippen LogP contribution in [0, 0.1) is 5.95 Å². The lowest BCUT2D eigenvalue weighted by Gasteiger charge is -2.26. The van der Waals surface area contributed by atoms with E-state index in [0.717, 1.165) is 19.2 Å². The second kappa shape index (κ2) is 7.61. The summed E-state index contributed by atoms with van der Waals surface area (Å²) in [5, 5.41) is 0. The number of alkyl halides is 8. The van der Waals surface area contributed by atoms with Crippen molar-refractivity contribution in [2.75, 3.05) is 0 Å². The van der Waals surface area contributed by atoms with E-state index >= 15 is 0 Å². The Morgan fingerprint density at radius 1 is 1.03 bits per heavy atom. The molecule has 4 nitrogen and oxygen atoms in total. The predicted molar refractivity (Wildman–Crippen MR) is 84.7 cm³/mol. The molecule has 162 valence electrons. The second-order valence-corrected chi connectivity index (χ2v) is 5.91. The maximum absolute atomic E-state index is 14.2. The molecule has 2 aromatic rings.